The summed E-state index contributed by atoms with van der Waals surface area (Å²) in [6.45, 7) is 8.73. The zero-order valence-electron chi connectivity index (χ0n) is 12.8. The van der Waals surface area contributed by atoms with E-state index in [4.69, 9.17) is 9.47 Å². The fourth-order valence-corrected chi connectivity index (χ4v) is 2.56. The molecule has 3 heteroatoms. The molecule has 0 radical (unpaired) electrons. The van der Waals surface area contributed by atoms with Gasteiger partial charge in [0.05, 0.1) is 0 Å². The van der Waals surface area contributed by atoms with Crippen molar-refractivity contribution in [2.24, 2.45) is 0 Å². The first-order valence-electron chi connectivity index (χ1n) is 6.70. The van der Waals surface area contributed by atoms with Crippen LogP contribution in [0.2, 0.25) is 0 Å². The molecule has 1 heterocycles. The van der Waals surface area contributed by atoms with E-state index in [2.05, 4.69) is 32.7 Å². The standard InChI is InChI=1S/C17H21NO2/c1-11-13(3)17(20-10-19-5)14(4)12(2)16(11)15-6-8-18-9-7-15/h6-9H,10H2,1-5H3. The third-order valence-electron chi connectivity index (χ3n) is 3.85. The average Bonchev–Trinajstić information content (AvgIpc) is 2.47. The van der Waals surface area contributed by atoms with Gasteiger partial charge >= 0.3 is 0 Å². The SMILES string of the molecule is COCOc1c(C)c(C)c(-c2ccncc2)c(C)c1C. The summed E-state index contributed by atoms with van der Waals surface area (Å²) >= 11 is 0. The Morgan fingerprint density at radius 2 is 1.45 bits per heavy atom. The van der Waals surface area contributed by atoms with E-state index in [-0.39, 0.29) is 6.79 Å². The summed E-state index contributed by atoms with van der Waals surface area (Å²) in [6.07, 6.45) is 3.66. The van der Waals surface area contributed by atoms with Crippen molar-refractivity contribution in [1.29, 1.82) is 0 Å². The number of methoxy groups -OCH3 is 1. The summed E-state index contributed by atoms with van der Waals surface area (Å²) in [5.41, 5.74) is 7.27. The number of rotatable bonds is 4. The van der Waals surface area contributed by atoms with Crippen LogP contribution in [0.4, 0.5) is 0 Å². The highest BCUT2D eigenvalue weighted by molar-refractivity contribution is 5.75. The van der Waals surface area contributed by atoms with E-state index in [1.54, 1.807) is 7.11 Å². The maximum absolute atomic E-state index is 5.73. The molecule has 0 aliphatic rings. The van der Waals surface area contributed by atoms with E-state index in [1.807, 2.05) is 24.5 Å². The van der Waals surface area contributed by atoms with Crippen molar-refractivity contribution >= 4 is 0 Å². The van der Waals surface area contributed by atoms with Gasteiger partial charge in [0, 0.05) is 19.5 Å². The van der Waals surface area contributed by atoms with Crippen molar-refractivity contribution in [1.82, 2.24) is 4.98 Å². The van der Waals surface area contributed by atoms with Gasteiger partial charge in [-0.3, -0.25) is 4.98 Å². The predicted octanol–water partition coefficient (Wildman–Crippen LogP) is 3.96. The summed E-state index contributed by atoms with van der Waals surface area (Å²) in [7, 11) is 1.63. The van der Waals surface area contributed by atoms with Crippen molar-refractivity contribution in [3.8, 4) is 16.9 Å². The van der Waals surface area contributed by atoms with Crippen LogP contribution in [0, 0.1) is 27.7 Å². The maximum Gasteiger partial charge on any atom is 0.188 e. The fourth-order valence-electron chi connectivity index (χ4n) is 2.56. The van der Waals surface area contributed by atoms with Crippen molar-refractivity contribution in [3.63, 3.8) is 0 Å². The van der Waals surface area contributed by atoms with Crippen molar-refractivity contribution < 1.29 is 9.47 Å². The number of benzene rings is 1. The third-order valence-corrected chi connectivity index (χ3v) is 3.85. The lowest BCUT2D eigenvalue weighted by atomic mass is 9.89. The Hall–Kier alpha value is -1.87. The van der Waals surface area contributed by atoms with E-state index in [0.29, 0.717) is 0 Å². The molecule has 0 spiro atoms. The molecule has 2 aromatic rings. The molecule has 1 aromatic heterocycles. The predicted molar refractivity (Wildman–Crippen MR) is 81.1 cm³/mol. The number of pyridine rings is 1. The molecule has 0 bridgehead atoms. The number of hydrogen-bond donors (Lipinski definition) is 0. The number of hydrogen-bond acceptors (Lipinski definition) is 3. The molecule has 0 aliphatic carbocycles. The molecule has 1 aromatic carbocycles. The van der Waals surface area contributed by atoms with Gasteiger partial charge in [-0.25, -0.2) is 0 Å². The summed E-state index contributed by atoms with van der Waals surface area (Å²) < 4.78 is 10.8. The number of nitrogens with zero attached hydrogens (tertiary/aromatic N) is 1. The highest BCUT2D eigenvalue weighted by Crippen LogP contribution is 2.37. The summed E-state index contributed by atoms with van der Waals surface area (Å²) in [5.74, 6) is 0.930. The zero-order valence-corrected chi connectivity index (χ0v) is 12.8. The molecule has 3 nitrogen and oxygen atoms in total. The van der Waals surface area contributed by atoms with E-state index >= 15 is 0 Å². The van der Waals surface area contributed by atoms with Crippen LogP contribution in [0.1, 0.15) is 22.3 Å². The van der Waals surface area contributed by atoms with E-state index in [9.17, 15) is 0 Å². The van der Waals surface area contributed by atoms with Gasteiger partial charge in [0.2, 0.25) is 0 Å². The first-order valence-corrected chi connectivity index (χ1v) is 6.70. The van der Waals surface area contributed by atoms with Gasteiger partial charge in [-0.15, -0.1) is 0 Å². The van der Waals surface area contributed by atoms with Gasteiger partial charge in [-0.05, 0) is 73.2 Å². The first-order chi connectivity index (χ1) is 9.57. The molecule has 0 fully saturated rings. The van der Waals surface area contributed by atoms with Crippen LogP contribution < -0.4 is 4.74 Å². The van der Waals surface area contributed by atoms with Gasteiger partial charge in [-0.1, -0.05) is 0 Å². The zero-order chi connectivity index (χ0) is 14.7. The minimum absolute atomic E-state index is 0.273. The molecule has 20 heavy (non-hydrogen) atoms. The van der Waals surface area contributed by atoms with Crippen molar-refractivity contribution in [2.75, 3.05) is 13.9 Å². The maximum atomic E-state index is 5.73. The average molecular weight is 271 g/mol. The van der Waals surface area contributed by atoms with Crippen LogP contribution in [0.25, 0.3) is 11.1 Å². The van der Waals surface area contributed by atoms with Gasteiger partial charge < -0.3 is 9.47 Å². The summed E-state index contributed by atoms with van der Waals surface area (Å²) in [5, 5.41) is 0. The summed E-state index contributed by atoms with van der Waals surface area (Å²) in [4.78, 5) is 4.09. The Morgan fingerprint density at radius 1 is 0.900 bits per heavy atom. The Morgan fingerprint density at radius 3 is 1.95 bits per heavy atom. The third kappa shape index (κ3) is 2.54. The molecular weight excluding hydrogens is 250 g/mol. The molecule has 0 atom stereocenters. The molecule has 106 valence electrons. The van der Waals surface area contributed by atoms with Gasteiger partial charge in [-0.2, -0.15) is 0 Å². The van der Waals surface area contributed by atoms with Crippen LogP contribution >= 0.6 is 0 Å². The lowest BCUT2D eigenvalue weighted by Crippen LogP contribution is -2.06. The Balaban J connectivity index is 2.62. The second-order valence-electron chi connectivity index (χ2n) is 4.99. The van der Waals surface area contributed by atoms with E-state index in [1.165, 1.54) is 22.3 Å². The van der Waals surface area contributed by atoms with Crippen LogP contribution in [0.3, 0.4) is 0 Å². The lowest BCUT2D eigenvalue weighted by Gasteiger charge is -2.20. The highest BCUT2D eigenvalue weighted by Gasteiger charge is 2.16. The van der Waals surface area contributed by atoms with Gasteiger partial charge in [0.1, 0.15) is 5.75 Å². The van der Waals surface area contributed by atoms with E-state index < -0.39 is 0 Å². The van der Waals surface area contributed by atoms with Crippen LogP contribution in [-0.4, -0.2) is 18.9 Å². The second-order valence-corrected chi connectivity index (χ2v) is 4.99. The molecular formula is C17H21NO2. The van der Waals surface area contributed by atoms with E-state index in [0.717, 1.165) is 16.9 Å². The summed E-state index contributed by atoms with van der Waals surface area (Å²) in [6, 6.07) is 4.09. The number of aromatic nitrogens is 1. The fraction of sp³-hybridized carbons (Fsp3) is 0.353. The number of ether oxygens (including phenoxy) is 2. The Labute approximate surface area is 120 Å². The molecule has 0 saturated carbocycles. The molecule has 0 saturated heterocycles. The smallest absolute Gasteiger partial charge is 0.188 e. The normalized spacial score (nSPS) is 10.7. The topological polar surface area (TPSA) is 31.4 Å². The molecule has 2 rings (SSSR count). The van der Waals surface area contributed by atoms with Crippen LogP contribution in [-0.2, 0) is 4.74 Å². The lowest BCUT2D eigenvalue weighted by molar-refractivity contribution is 0.0500. The highest BCUT2D eigenvalue weighted by atomic mass is 16.7. The Bertz CT molecular complexity index is 577. The molecule has 0 aliphatic heterocycles. The largest absolute Gasteiger partial charge is 0.467 e. The second kappa shape index (κ2) is 6.06. The first kappa shape index (κ1) is 14.5. The van der Waals surface area contributed by atoms with Crippen molar-refractivity contribution in [2.45, 2.75) is 27.7 Å². The monoisotopic (exact) mass is 271 g/mol. The van der Waals surface area contributed by atoms with Gasteiger partial charge in [0.15, 0.2) is 6.79 Å². The van der Waals surface area contributed by atoms with Crippen LogP contribution in [0.15, 0.2) is 24.5 Å². The van der Waals surface area contributed by atoms with Gasteiger partial charge in [0.25, 0.3) is 0 Å². The Kier molecular flexibility index (Phi) is 4.40. The van der Waals surface area contributed by atoms with Crippen molar-refractivity contribution in [3.05, 3.63) is 46.8 Å². The minimum Gasteiger partial charge on any atom is -0.467 e. The minimum atomic E-state index is 0.273. The molecule has 0 N–H and O–H groups in total. The van der Waals surface area contributed by atoms with Crippen LogP contribution in [0.5, 0.6) is 5.75 Å². The molecule has 0 amide bonds. The quantitative estimate of drug-likeness (QED) is 0.789. The molecule has 0 unspecified atom stereocenters.